The summed E-state index contributed by atoms with van der Waals surface area (Å²) in [7, 11) is 1.36. The van der Waals surface area contributed by atoms with Crippen molar-refractivity contribution in [1.29, 1.82) is 0 Å². The Morgan fingerprint density at radius 2 is 1.90 bits per heavy atom. The van der Waals surface area contributed by atoms with E-state index in [4.69, 9.17) is 0 Å². The number of aryl methyl sites for hydroxylation is 2. The molecule has 0 aliphatic rings. The summed E-state index contributed by atoms with van der Waals surface area (Å²) in [5.74, 6) is -0.287. The van der Waals surface area contributed by atoms with Crippen molar-refractivity contribution in [3.63, 3.8) is 0 Å². The molecule has 2 aromatic rings. The van der Waals surface area contributed by atoms with E-state index in [9.17, 15) is 9.59 Å². The topological polar surface area (TPSA) is 43.4 Å². The Kier molecular flexibility index (Phi) is 4.35. The molecule has 0 N–H and O–H groups in total. The minimum atomic E-state index is -0.294. The molecule has 0 spiro atoms. The second-order valence-corrected chi connectivity index (χ2v) is 5.83. The van der Waals surface area contributed by atoms with Gasteiger partial charge in [-0.2, -0.15) is 0 Å². The van der Waals surface area contributed by atoms with Crippen LogP contribution < -0.4 is 0 Å². The van der Waals surface area contributed by atoms with E-state index in [-0.39, 0.29) is 18.2 Å². The molecule has 104 valence electrons. The molecule has 0 unspecified atom stereocenters. The number of hydrogen-bond donors (Lipinski definition) is 0. The molecule has 0 saturated heterocycles. The van der Waals surface area contributed by atoms with Crippen LogP contribution in [0, 0.1) is 13.8 Å². The first-order chi connectivity index (χ1) is 9.51. The van der Waals surface area contributed by atoms with Gasteiger partial charge in [0.15, 0.2) is 0 Å². The van der Waals surface area contributed by atoms with E-state index in [0.717, 1.165) is 21.6 Å². The van der Waals surface area contributed by atoms with E-state index in [1.807, 2.05) is 32.0 Å². The summed E-state index contributed by atoms with van der Waals surface area (Å²) in [6, 6.07) is 9.42. The molecule has 0 aliphatic heterocycles. The first-order valence-electron chi connectivity index (χ1n) is 6.28. The van der Waals surface area contributed by atoms with Gasteiger partial charge in [-0.1, -0.05) is 17.7 Å². The minimum absolute atomic E-state index is 0.00677. The maximum absolute atomic E-state index is 12.5. The second kappa shape index (κ2) is 6.01. The number of ketones is 1. The van der Waals surface area contributed by atoms with Crippen molar-refractivity contribution in [2.75, 3.05) is 7.11 Å². The standard InChI is InChI=1S/C16H16O3S/c1-10-4-5-11(2)13(8-10)16(18)14-7-6-12(20-14)9-15(17)19-3/h4-8H,9H2,1-3H3. The van der Waals surface area contributed by atoms with E-state index in [1.165, 1.54) is 18.4 Å². The number of rotatable bonds is 4. The summed E-state index contributed by atoms with van der Waals surface area (Å²) >= 11 is 1.34. The predicted molar refractivity (Wildman–Crippen MR) is 79.4 cm³/mol. The van der Waals surface area contributed by atoms with Gasteiger partial charge in [-0.25, -0.2) is 0 Å². The Morgan fingerprint density at radius 3 is 2.60 bits per heavy atom. The van der Waals surface area contributed by atoms with Crippen LogP contribution in [0.5, 0.6) is 0 Å². The number of ether oxygens (including phenoxy) is 1. The van der Waals surface area contributed by atoms with E-state index < -0.39 is 0 Å². The summed E-state index contributed by atoms with van der Waals surface area (Å²) in [4.78, 5) is 25.2. The van der Waals surface area contributed by atoms with Gasteiger partial charge in [-0.15, -0.1) is 11.3 Å². The highest BCUT2D eigenvalue weighted by molar-refractivity contribution is 7.14. The van der Waals surface area contributed by atoms with Crippen molar-refractivity contribution in [3.05, 3.63) is 56.8 Å². The number of carbonyl (C=O) groups excluding carboxylic acids is 2. The lowest BCUT2D eigenvalue weighted by atomic mass is 10.0. The molecule has 3 nitrogen and oxygen atoms in total. The van der Waals surface area contributed by atoms with Crippen LogP contribution in [0.3, 0.4) is 0 Å². The van der Waals surface area contributed by atoms with Crippen LogP contribution >= 0.6 is 11.3 Å². The Hall–Kier alpha value is -1.94. The largest absolute Gasteiger partial charge is 0.469 e. The number of hydrogen-bond acceptors (Lipinski definition) is 4. The average molecular weight is 288 g/mol. The summed E-state index contributed by atoms with van der Waals surface area (Å²) in [5.41, 5.74) is 2.74. The molecule has 0 fully saturated rings. The van der Waals surface area contributed by atoms with Gasteiger partial charge in [0.1, 0.15) is 0 Å². The van der Waals surface area contributed by atoms with Gasteiger partial charge in [-0.3, -0.25) is 9.59 Å². The average Bonchev–Trinajstić information content (AvgIpc) is 2.89. The van der Waals surface area contributed by atoms with Crippen LogP contribution in [-0.2, 0) is 16.0 Å². The molecule has 0 bridgehead atoms. The quantitative estimate of drug-likeness (QED) is 0.640. The number of benzene rings is 1. The van der Waals surface area contributed by atoms with Crippen molar-refractivity contribution in [2.24, 2.45) is 0 Å². The molecule has 0 saturated carbocycles. The van der Waals surface area contributed by atoms with Gasteiger partial charge in [0.25, 0.3) is 0 Å². The summed E-state index contributed by atoms with van der Waals surface area (Å²) in [6.45, 7) is 3.89. The van der Waals surface area contributed by atoms with Gasteiger partial charge < -0.3 is 4.74 Å². The van der Waals surface area contributed by atoms with E-state index in [0.29, 0.717) is 4.88 Å². The number of methoxy groups -OCH3 is 1. The number of carbonyl (C=O) groups is 2. The van der Waals surface area contributed by atoms with Crippen molar-refractivity contribution in [2.45, 2.75) is 20.3 Å². The van der Waals surface area contributed by atoms with Gasteiger partial charge in [0.05, 0.1) is 18.4 Å². The Balaban J connectivity index is 2.25. The fourth-order valence-electron chi connectivity index (χ4n) is 1.92. The number of esters is 1. The van der Waals surface area contributed by atoms with Crippen LogP contribution in [0.2, 0.25) is 0 Å². The fourth-order valence-corrected chi connectivity index (χ4v) is 2.87. The molecule has 0 radical (unpaired) electrons. The second-order valence-electron chi connectivity index (χ2n) is 4.67. The predicted octanol–water partition coefficient (Wildman–Crippen LogP) is 3.31. The molecular weight excluding hydrogens is 272 g/mol. The normalized spacial score (nSPS) is 10.3. The van der Waals surface area contributed by atoms with Gasteiger partial charge in [0.2, 0.25) is 5.78 Å². The fraction of sp³-hybridized carbons (Fsp3) is 0.250. The maximum atomic E-state index is 12.5. The highest BCUT2D eigenvalue weighted by Gasteiger charge is 2.15. The molecular formula is C16H16O3S. The first kappa shape index (κ1) is 14.5. The van der Waals surface area contributed by atoms with Crippen LogP contribution in [0.25, 0.3) is 0 Å². The first-order valence-corrected chi connectivity index (χ1v) is 7.10. The lowest BCUT2D eigenvalue weighted by Gasteiger charge is -2.04. The van der Waals surface area contributed by atoms with E-state index in [1.54, 1.807) is 12.1 Å². The summed E-state index contributed by atoms with van der Waals surface area (Å²) in [6.07, 6.45) is 0.210. The summed E-state index contributed by atoms with van der Waals surface area (Å²) < 4.78 is 4.63. The maximum Gasteiger partial charge on any atom is 0.310 e. The van der Waals surface area contributed by atoms with Crippen LogP contribution in [0.4, 0.5) is 0 Å². The van der Waals surface area contributed by atoms with Gasteiger partial charge in [0, 0.05) is 10.4 Å². The van der Waals surface area contributed by atoms with E-state index >= 15 is 0 Å². The van der Waals surface area contributed by atoms with Crippen molar-refractivity contribution >= 4 is 23.1 Å². The van der Waals surface area contributed by atoms with Crippen molar-refractivity contribution < 1.29 is 14.3 Å². The Labute approximate surface area is 122 Å². The molecule has 2 rings (SSSR count). The van der Waals surface area contributed by atoms with Crippen LogP contribution in [-0.4, -0.2) is 18.9 Å². The summed E-state index contributed by atoms with van der Waals surface area (Å²) in [5, 5.41) is 0. The Bertz CT molecular complexity index is 655. The molecule has 4 heteroatoms. The zero-order valence-corrected chi connectivity index (χ0v) is 12.5. The molecule has 20 heavy (non-hydrogen) atoms. The lowest BCUT2D eigenvalue weighted by molar-refractivity contribution is -0.139. The Morgan fingerprint density at radius 1 is 1.15 bits per heavy atom. The molecule has 1 heterocycles. The molecule has 1 aromatic heterocycles. The smallest absolute Gasteiger partial charge is 0.310 e. The molecule has 1 aromatic carbocycles. The minimum Gasteiger partial charge on any atom is -0.469 e. The zero-order chi connectivity index (χ0) is 14.7. The lowest BCUT2D eigenvalue weighted by Crippen LogP contribution is -2.03. The SMILES string of the molecule is COC(=O)Cc1ccc(C(=O)c2cc(C)ccc2C)s1. The third-order valence-electron chi connectivity index (χ3n) is 3.07. The zero-order valence-electron chi connectivity index (χ0n) is 11.7. The van der Waals surface area contributed by atoms with Gasteiger partial charge in [-0.05, 0) is 37.6 Å². The number of thiophene rings is 1. The third-order valence-corrected chi connectivity index (χ3v) is 4.15. The van der Waals surface area contributed by atoms with E-state index in [2.05, 4.69) is 4.74 Å². The van der Waals surface area contributed by atoms with Crippen molar-refractivity contribution in [3.8, 4) is 0 Å². The van der Waals surface area contributed by atoms with Crippen LogP contribution in [0.15, 0.2) is 30.3 Å². The monoisotopic (exact) mass is 288 g/mol. The van der Waals surface area contributed by atoms with Crippen LogP contribution in [0.1, 0.15) is 31.2 Å². The highest BCUT2D eigenvalue weighted by Crippen LogP contribution is 2.23. The molecule has 0 atom stereocenters. The highest BCUT2D eigenvalue weighted by atomic mass is 32.1. The molecule has 0 amide bonds. The van der Waals surface area contributed by atoms with Crippen molar-refractivity contribution in [1.82, 2.24) is 0 Å². The third kappa shape index (κ3) is 3.14. The molecule has 0 aliphatic carbocycles. The van der Waals surface area contributed by atoms with Gasteiger partial charge >= 0.3 is 5.97 Å².